The second kappa shape index (κ2) is 8.41. The Bertz CT molecular complexity index is 1080. The van der Waals surface area contributed by atoms with E-state index in [0.717, 1.165) is 22.4 Å². The smallest absolute Gasteiger partial charge is 0.256 e. The molecule has 3 aromatic rings. The molecule has 0 saturated heterocycles. The van der Waals surface area contributed by atoms with Crippen molar-refractivity contribution in [1.82, 2.24) is 0 Å². The number of anilines is 1. The van der Waals surface area contributed by atoms with Gasteiger partial charge >= 0.3 is 0 Å². The van der Waals surface area contributed by atoms with Crippen LogP contribution in [-0.2, 0) is 11.4 Å². The Balaban J connectivity index is 1.61. The largest absolute Gasteiger partial charge is 0.490 e. The molecule has 1 aliphatic rings. The van der Waals surface area contributed by atoms with Crippen LogP contribution in [0.15, 0.2) is 66.7 Å². The number of nitrogens with one attached hydrogen (secondary N) is 1. The predicted molar refractivity (Wildman–Crippen MR) is 116 cm³/mol. The maximum absolute atomic E-state index is 12.4. The van der Waals surface area contributed by atoms with Crippen LogP contribution in [0.2, 0.25) is 5.02 Å². The number of hydrogen-bond acceptors (Lipinski definition) is 3. The predicted octanol–water partition coefficient (Wildman–Crippen LogP) is 5.81. The second-order valence-corrected chi connectivity index (χ2v) is 7.05. The lowest BCUT2D eigenvalue weighted by Gasteiger charge is -2.13. The first kappa shape index (κ1) is 19.1. The normalized spacial score (nSPS) is 13.9. The first-order valence-corrected chi connectivity index (χ1v) is 9.78. The second-order valence-electron chi connectivity index (χ2n) is 6.62. The minimum Gasteiger partial charge on any atom is -0.490 e. The van der Waals surface area contributed by atoms with E-state index >= 15 is 0 Å². The Kier molecular flexibility index (Phi) is 5.54. The topological polar surface area (TPSA) is 47.6 Å². The van der Waals surface area contributed by atoms with Crippen LogP contribution in [0.1, 0.15) is 23.6 Å². The Morgan fingerprint density at radius 2 is 1.79 bits per heavy atom. The summed E-state index contributed by atoms with van der Waals surface area (Å²) < 4.78 is 11.7. The molecule has 0 atom stereocenters. The summed E-state index contributed by atoms with van der Waals surface area (Å²) in [5, 5.41) is 3.44. The van der Waals surface area contributed by atoms with Crippen molar-refractivity contribution in [3.05, 3.63) is 88.4 Å². The van der Waals surface area contributed by atoms with Gasteiger partial charge in [-0.25, -0.2) is 0 Å². The Labute approximate surface area is 174 Å². The summed E-state index contributed by atoms with van der Waals surface area (Å²) in [5.41, 5.74) is 4.09. The van der Waals surface area contributed by atoms with Crippen molar-refractivity contribution >= 4 is 34.8 Å². The van der Waals surface area contributed by atoms with Crippen LogP contribution in [0.5, 0.6) is 11.5 Å². The molecular weight excluding hydrogens is 386 g/mol. The van der Waals surface area contributed by atoms with E-state index in [9.17, 15) is 4.79 Å². The number of ether oxygens (including phenoxy) is 2. The average molecular weight is 406 g/mol. The highest BCUT2D eigenvalue weighted by Gasteiger charge is 2.24. The van der Waals surface area contributed by atoms with E-state index in [4.69, 9.17) is 21.1 Å². The Hall–Kier alpha value is -3.24. The van der Waals surface area contributed by atoms with Crippen molar-refractivity contribution in [3.63, 3.8) is 0 Å². The molecule has 1 aliphatic heterocycles. The van der Waals surface area contributed by atoms with Gasteiger partial charge in [-0.3, -0.25) is 4.79 Å². The zero-order valence-electron chi connectivity index (χ0n) is 15.9. The number of benzene rings is 3. The van der Waals surface area contributed by atoms with Crippen LogP contribution in [0.25, 0.3) is 11.6 Å². The number of carbonyl (C=O) groups is 1. The molecule has 0 saturated carbocycles. The first-order chi connectivity index (χ1) is 14.1. The summed E-state index contributed by atoms with van der Waals surface area (Å²) in [4.78, 5) is 12.4. The van der Waals surface area contributed by atoms with Gasteiger partial charge in [-0.2, -0.15) is 0 Å². The molecule has 0 aliphatic carbocycles. The van der Waals surface area contributed by atoms with Crippen molar-refractivity contribution in [2.24, 2.45) is 0 Å². The minimum atomic E-state index is -0.148. The lowest BCUT2D eigenvalue weighted by molar-refractivity contribution is -0.110. The van der Waals surface area contributed by atoms with Gasteiger partial charge in [-0.05, 0) is 48.4 Å². The molecule has 0 bridgehead atoms. The summed E-state index contributed by atoms with van der Waals surface area (Å²) in [6.07, 6.45) is 1.85. The van der Waals surface area contributed by atoms with Crippen molar-refractivity contribution in [1.29, 1.82) is 0 Å². The van der Waals surface area contributed by atoms with Crippen LogP contribution in [0.3, 0.4) is 0 Å². The minimum absolute atomic E-state index is 0.148. The zero-order chi connectivity index (χ0) is 20.2. The summed E-state index contributed by atoms with van der Waals surface area (Å²) in [6.45, 7) is 2.90. The van der Waals surface area contributed by atoms with Crippen LogP contribution in [0.4, 0.5) is 5.69 Å². The van der Waals surface area contributed by atoms with Crippen molar-refractivity contribution in [2.75, 3.05) is 11.9 Å². The fourth-order valence-corrected chi connectivity index (χ4v) is 3.39. The van der Waals surface area contributed by atoms with Gasteiger partial charge in [-0.15, -0.1) is 0 Å². The van der Waals surface area contributed by atoms with E-state index in [1.807, 2.05) is 67.6 Å². The third-order valence-corrected chi connectivity index (χ3v) is 4.82. The van der Waals surface area contributed by atoms with Gasteiger partial charge in [0.25, 0.3) is 5.91 Å². The molecule has 0 aromatic heterocycles. The Morgan fingerprint density at radius 1 is 0.966 bits per heavy atom. The fraction of sp³-hybridized carbons (Fsp3) is 0.125. The highest BCUT2D eigenvalue weighted by atomic mass is 35.5. The Morgan fingerprint density at radius 3 is 2.59 bits per heavy atom. The van der Waals surface area contributed by atoms with Crippen molar-refractivity contribution in [3.8, 4) is 11.5 Å². The number of amides is 1. The number of rotatable bonds is 6. The number of carbonyl (C=O) groups excluding carboxylic acids is 1. The summed E-state index contributed by atoms with van der Waals surface area (Å²) in [7, 11) is 0. The van der Waals surface area contributed by atoms with Crippen LogP contribution < -0.4 is 14.8 Å². The average Bonchev–Trinajstić information content (AvgIpc) is 3.02. The summed E-state index contributed by atoms with van der Waals surface area (Å²) >= 11 is 6.02. The lowest BCUT2D eigenvalue weighted by Crippen LogP contribution is -2.03. The zero-order valence-corrected chi connectivity index (χ0v) is 16.7. The van der Waals surface area contributed by atoms with Gasteiger partial charge in [0.15, 0.2) is 11.5 Å². The number of fused-ring (bicyclic) bond motifs is 1. The molecule has 0 fully saturated rings. The molecule has 0 spiro atoms. The molecule has 0 unspecified atom stereocenters. The van der Waals surface area contributed by atoms with Gasteiger partial charge < -0.3 is 14.8 Å². The van der Waals surface area contributed by atoms with Crippen LogP contribution >= 0.6 is 11.6 Å². The molecule has 4 rings (SSSR count). The molecule has 146 valence electrons. The van der Waals surface area contributed by atoms with E-state index in [1.165, 1.54) is 0 Å². The van der Waals surface area contributed by atoms with Crippen LogP contribution in [-0.4, -0.2) is 12.5 Å². The van der Waals surface area contributed by atoms with Gasteiger partial charge in [0.2, 0.25) is 0 Å². The number of halogens is 1. The molecule has 29 heavy (non-hydrogen) atoms. The molecule has 1 heterocycles. The van der Waals surface area contributed by atoms with E-state index in [0.29, 0.717) is 35.3 Å². The molecule has 4 nitrogen and oxygen atoms in total. The van der Waals surface area contributed by atoms with E-state index < -0.39 is 0 Å². The van der Waals surface area contributed by atoms with Crippen molar-refractivity contribution < 1.29 is 14.3 Å². The molecular formula is C24H20ClNO3. The van der Waals surface area contributed by atoms with E-state index in [-0.39, 0.29) is 5.91 Å². The lowest BCUT2D eigenvalue weighted by atomic mass is 10.0. The fourth-order valence-electron chi connectivity index (χ4n) is 3.21. The maximum atomic E-state index is 12.4. The van der Waals surface area contributed by atoms with Gasteiger partial charge in [0, 0.05) is 16.2 Å². The van der Waals surface area contributed by atoms with Gasteiger partial charge in [0.05, 0.1) is 12.3 Å². The van der Waals surface area contributed by atoms with Gasteiger partial charge in [0.1, 0.15) is 6.61 Å². The van der Waals surface area contributed by atoms with Crippen molar-refractivity contribution in [2.45, 2.75) is 13.5 Å². The summed E-state index contributed by atoms with van der Waals surface area (Å²) in [5.74, 6) is 1.16. The molecule has 3 aromatic carbocycles. The molecule has 0 radical (unpaired) electrons. The monoisotopic (exact) mass is 405 g/mol. The SMILES string of the molecule is CCOc1cc(/C=C2/C(=O)Nc3cc(Cl)ccc32)ccc1OCc1ccccc1. The third kappa shape index (κ3) is 4.28. The first-order valence-electron chi connectivity index (χ1n) is 9.40. The van der Waals surface area contributed by atoms with Crippen LogP contribution in [0, 0.1) is 0 Å². The van der Waals surface area contributed by atoms with E-state index in [1.54, 1.807) is 12.1 Å². The highest BCUT2D eigenvalue weighted by molar-refractivity contribution is 6.36. The maximum Gasteiger partial charge on any atom is 0.256 e. The highest BCUT2D eigenvalue weighted by Crippen LogP contribution is 2.36. The molecule has 1 N–H and O–H groups in total. The van der Waals surface area contributed by atoms with E-state index in [2.05, 4.69) is 5.32 Å². The quantitative estimate of drug-likeness (QED) is 0.526. The molecule has 5 heteroatoms. The number of hydrogen-bond donors (Lipinski definition) is 1. The molecule has 1 amide bonds. The standard InChI is InChI=1S/C24H20ClNO3/c1-2-28-23-13-17(8-11-22(23)29-15-16-6-4-3-5-7-16)12-20-19-10-9-18(25)14-21(19)26-24(20)27/h3-14H,2,15H2,1H3,(H,26,27)/b20-12+. The van der Waals surface area contributed by atoms with Gasteiger partial charge in [-0.1, -0.05) is 54.1 Å². The third-order valence-electron chi connectivity index (χ3n) is 4.58. The summed E-state index contributed by atoms with van der Waals surface area (Å²) in [6, 6.07) is 21.0.